The lowest BCUT2D eigenvalue weighted by Gasteiger charge is -2.05. The third-order valence-electron chi connectivity index (χ3n) is 5.10. The predicted octanol–water partition coefficient (Wildman–Crippen LogP) is 5.94. The highest BCUT2D eigenvalue weighted by Gasteiger charge is 2.16. The minimum absolute atomic E-state index is 0.0656. The average molecular weight is 472 g/mol. The first kappa shape index (κ1) is 21.7. The number of ether oxygens (including phenoxy) is 1. The van der Waals surface area contributed by atoms with E-state index in [0.29, 0.717) is 28.4 Å². The summed E-state index contributed by atoms with van der Waals surface area (Å²) in [5.74, 6) is 0.428. The van der Waals surface area contributed by atoms with E-state index in [4.69, 9.17) is 9.15 Å². The second-order valence-electron chi connectivity index (χ2n) is 7.67. The molecule has 0 aliphatic heterocycles. The van der Waals surface area contributed by atoms with Gasteiger partial charge in [0.1, 0.15) is 22.6 Å². The van der Waals surface area contributed by atoms with Crippen LogP contribution < -0.4 is 15.6 Å². The van der Waals surface area contributed by atoms with Gasteiger partial charge < -0.3 is 14.3 Å². The number of hydrogen-bond donors (Lipinski definition) is 2. The molecule has 0 aliphatic carbocycles. The Balaban J connectivity index is 1.57. The van der Waals surface area contributed by atoms with Crippen LogP contribution in [0, 0.1) is 6.92 Å². The molecule has 170 valence electrons. The number of fused-ring (bicyclic) bond motifs is 2. The summed E-state index contributed by atoms with van der Waals surface area (Å²) >= 11 is 1.36. The van der Waals surface area contributed by atoms with Crippen molar-refractivity contribution in [2.75, 3.05) is 11.9 Å². The zero-order valence-corrected chi connectivity index (χ0v) is 19.3. The third kappa shape index (κ3) is 4.49. The maximum Gasteiger partial charge on any atom is 0.262 e. The van der Waals surface area contributed by atoms with Crippen LogP contribution in [0.1, 0.15) is 22.8 Å². The van der Waals surface area contributed by atoms with Crippen molar-refractivity contribution in [1.29, 1.82) is 0 Å². The lowest BCUT2D eigenvalue weighted by Crippen LogP contribution is -2.21. The van der Waals surface area contributed by atoms with Gasteiger partial charge in [0.25, 0.3) is 5.91 Å². The van der Waals surface area contributed by atoms with Crippen LogP contribution in [0.3, 0.4) is 0 Å². The average Bonchev–Trinajstić information content (AvgIpc) is 3.20. The number of nitrogens with zero attached hydrogens (tertiary/aromatic N) is 2. The summed E-state index contributed by atoms with van der Waals surface area (Å²) in [6.45, 7) is 4.47. The van der Waals surface area contributed by atoms with Crippen LogP contribution in [-0.2, 0) is 0 Å². The fourth-order valence-electron chi connectivity index (χ4n) is 3.55. The van der Waals surface area contributed by atoms with E-state index in [2.05, 4.69) is 15.3 Å². The zero-order chi connectivity index (χ0) is 23.7. The molecule has 34 heavy (non-hydrogen) atoms. The number of thiazole rings is 1. The van der Waals surface area contributed by atoms with Gasteiger partial charge in [0.05, 0.1) is 22.5 Å². The van der Waals surface area contributed by atoms with Crippen molar-refractivity contribution in [1.82, 2.24) is 4.98 Å². The monoisotopic (exact) mass is 471 g/mol. The second-order valence-corrected chi connectivity index (χ2v) is 8.70. The van der Waals surface area contributed by atoms with E-state index in [0.717, 1.165) is 21.5 Å². The van der Waals surface area contributed by atoms with Crippen molar-refractivity contribution in [2.24, 2.45) is 4.99 Å². The molecule has 5 rings (SSSR count). The Morgan fingerprint density at radius 1 is 1.15 bits per heavy atom. The van der Waals surface area contributed by atoms with Crippen LogP contribution in [0.2, 0.25) is 0 Å². The fourth-order valence-corrected chi connectivity index (χ4v) is 4.44. The molecule has 8 heteroatoms. The van der Waals surface area contributed by atoms with E-state index in [1.807, 2.05) is 56.3 Å². The van der Waals surface area contributed by atoms with Gasteiger partial charge in [0.2, 0.25) is 5.55 Å². The van der Waals surface area contributed by atoms with Crippen molar-refractivity contribution in [3.8, 4) is 11.5 Å². The first-order valence-electron chi connectivity index (χ1n) is 10.7. The van der Waals surface area contributed by atoms with Gasteiger partial charge in [-0.15, -0.1) is 0 Å². The molecular formula is C26H21N3O4S. The number of anilines is 1. The fraction of sp³-hybridized carbons (Fsp3) is 0.115. The van der Waals surface area contributed by atoms with Gasteiger partial charge in [0.15, 0.2) is 5.13 Å². The van der Waals surface area contributed by atoms with Crippen molar-refractivity contribution >= 4 is 49.2 Å². The van der Waals surface area contributed by atoms with Crippen molar-refractivity contribution in [3.05, 3.63) is 83.4 Å². The molecule has 0 radical (unpaired) electrons. The SMILES string of the molecule is CCOc1ccc2nc(NC(=O)c3cc4ccc(O)cc4oc3=Nc3cccc(C)c3)sc2c1. The molecule has 5 aromatic rings. The molecule has 2 N–H and O–H groups in total. The first-order valence-corrected chi connectivity index (χ1v) is 11.5. The Morgan fingerprint density at radius 3 is 2.85 bits per heavy atom. The normalized spacial score (nSPS) is 11.8. The standard InChI is InChI=1S/C26H21N3O4S/c1-3-32-19-9-10-21-23(14-19)34-26(28-21)29-24(31)20-12-16-7-8-18(30)13-22(16)33-25(20)27-17-6-4-5-15(2)11-17/h4-14,30H,3H2,1-2H3,(H,28,29,31). The summed E-state index contributed by atoms with van der Waals surface area (Å²) in [4.78, 5) is 22.4. The number of hydrogen-bond acceptors (Lipinski definition) is 7. The van der Waals surface area contributed by atoms with Crippen molar-refractivity contribution in [2.45, 2.75) is 13.8 Å². The zero-order valence-electron chi connectivity index (χ0n) is 18.5. The number of amides is 1. The van der Waals surface area contributed by atoms with Crippen LogP contribution in [0.15, 0.2) is 76.1 Å². The number of nitrogens with one attached hydrogen (secondary N) is 1. The lowest BCUT2D eigenvalue weighted by atomic mass is 10.1. The Bertz CT molecular complexity index is 1600. The second kappa shape index (κ2) is 8.99. The Hall–Kier alpha value is -4.17. The molecule has 2 heterocycles. The molecule has 0 aliphatic rings. The van der Waals surface area contributed by atoms with E-state index in [1.165, 1.54) is 17.4 Å². The van der Waals surface area contributed by atoms with Crippen LogP contribution in [0.4, 0.5) is 10.8 Å². The van der Waals surface area contributed by atoms with Crippen LogP contribution in [-0.4, -0.2) is 22.6 Å². The van der Waals surface area contributed by atoms with Gasteiger partial charge >= 0.3 is 0 Å². The summed E-state index contributed by atoms with van der Waals surface area (Å²) in [6.07, 6.45) is 0. The number of aromatic hydroxyl groups is 1. The molecule has 7 nitrogen and oxygen atoms in total. The van der Waals surface area contributed by atoms with Gasteiger partial charge in [-0.3, -0.25) is 10.1 Å². The highest BCUT2D eigenvalue weighted by atomic mass is 32.1. The van der Waals surface area contributed by atoms with E-state index in [9.17, 15) is 9.90 Å². The molecule has 0 unspecified atom stereocenters. The summed E-state index contributed by atoms with van der Waals surface area (Å²) < 4.78 is 12.4. The maximum absolute atomic E-state index is 13.3. The van der Waals surface area contributed by atoms with Gasteiger partial charge in [-0.1, -0.05) is 23.5 Å². The smallest absolute Gasteiger partial charge is 0.262 e. The van der Waals surface area contributed by atoms with Crippen molar-refractivity contribution in [3.63, 3.8) is 0 Å². The summed E-state index contributed by atoms with van der Waals surface area (Å²) in [5.41, 5.74) is 3.28. The molecular weight excluding hydrogens is 450 g/mol. The molecule has 0 atom stereocenters. The molecule has 0 bridgehead atoms. The third-order valence-corrected chi connectivity index (χ3v) is 6.04. The summed E-state index contributed by atoms with van der Waals surface area (Å²) in [5, 5.41) is 13.9. The van der Waals surface area contributed by atoms with E-state index in [-0.39, 0.29) is 16.9 Å². The molecule has 0 saturated heterocycles. The minimum Gasteiger partial charge on any atom is -0.508 e. The predicted molar refractivity (Wildman–Crippen MR) is 133 cm³/mol. The van der Waals surface area contributed by atoms with E-state index < -0.39 is 5.91 Å². The number of aromatic nitrogens is 1. The molecule has 3 aromatic carbocycles. The maximum atomic E-state index is 13.3. The number of aryl methyl sites for hydroxylation is 1. The Kier molecular flexibility index (Phi) is 5.73. The highest BCUT2D eigenvalue weighted by molar-refractivity contribution is 7.22. The number of benzene rings is 3. The Labute approximate surface area is 199 Å². The van der Waals surface area contributed by atoms with Crippen LogP contribution >= 0.6 is 11.3 Å². The number of carbonyl (C=O) groups is 1. The molecule has 1 amide bonds. The minimum atomic E-state index is -0.394. The van der Waals surface area contributed by atoms with Crippen LogP contribution in [0.5, 0.6) is 11.5 Å². The van der Waals surface area contributed by atoms with Gasteiger partial charge in [-0.25, -0.2) is 9.98 Å². The summed E-state index contributed by atoms with van der Waals surface area (Å²) in [6, 6.07) is 19.6. The van der Waals surface area contributed by atoms with Crippen molar-refractivity contribution < 1.29 is 19.1 Å². The first-order chi connectivity index (χ1) is 16.5. The number of rotatable bonds is 5. The number of carbonyl (C=O) groups excluding carboxylic acids is 1. The van der Waals surface area contributed by atoms with Crippen LogP contribution in [0.25, 0.3) is 21.2 Å². The van der Waals surface area contributed by atoms with E-state index >= 15 is 0 Å². The topological polar surface area (TPSA) is 97.0 Å². The lowest BCUT2D eigenvalue weighted by molar-refractivity contribution is 0.102. The highest BCUT2D eigenvalue weighted by Crippen LogP contribution is 2.30. The molecule has 2 aromatic heterocycles. The summed E-state index contributed by atoms with van der Waals surface area (Å²) in [7, 11) is 0. The number of phenols is 1. The molecule has 0 saturated carbocycles. The number of phenolic OH excluding ortho intramolecular Hbond substituents is 1. The van der Waals surface area contributed by atoms with Gasteiger partial charge in [0, 0.05) is 11.5 Å². The largest absolute Gasteiger partial charge is 0.508 e. The van der Waals surface area contributed by atoms with E-state index in [1.54, 1.807) is 18.2 Å². The van der Waals surface area contributed by atoms with Gasteiger partial charge in [-0.05, 0) is 67.9 Å². The Morgan fingerprint density at radius 2 is 2.03 bits per heavy atom. The molecule has 0 fully saturated rings. The quantitative estimate of drug-likeness (QED) is 0.331. The van der Waals surface area contributed by atoms with Gasteiger partial charge in [-0.2, -0.15) is 0 Å². The molecule has 0 spiro atoms.